The normalized spacial score (nSPS) is 13.8. The quantitative estimate of drug-likeness (QED) is 0.605. The molecule has 1 aromatic rings. The van der Waals surface area contributed by atoms with Crippen LogP contribution in [0.25, 0.3) is 0 Å². The van der Waals surface area contributed by atoms with Crippen LogP contribution in [0.3, 0.4) is 0 Å². The first-order chi connectivity index (χ1) is 10.2. The van der Waals surface area contributed by atoms with Crippen LogP contribution in [-0.4, -0.2) is 39.4 Å². The first-order valence-corrected chi connectivity index (χ1v) is 7.37. The van der Waals surface area contributed by atoms with Gasteiger partial charge < -0.3 is 20.5 Å². The highest BCUT2D eigenvalue weighted by molar-refractivity contribution is 5.86. The lowest BCUT2D eigenvalue weighted by Gasteiger charge is -2.30. The minimum absolute atomic E-state index is 0.401. The van der Waals surface area contributed by atoms with Gasteiger partial charge in [-0.2, -0.15) is 0 Å². The zero-order chi connectivity index (χ0) is 15.6. The maximum Gasteiger partial charge on any atom is 0.242 e. The van der Waals surface area contributed by atoms with Crippen LogP contribution in [0.4, 0.5) is 0 Å². The van der Waals surface area contributed by atoms with Crippen LogP contribution >= 0.6 is 0 Å². The maximum atomic E-state index is 11.9. The number of amides is 1. The molecule has 1 atom stereocenters. The van der Waals surface area contributed by atoms with Crippen molar-refractivity contribution in [2.45, 2.75) is 25.3 Å². The molecule has 0 heterocycles. The predicted octanol–water partition coefficient (Wildman–Crippen LogP) is 1.42. The van der Waals surface area contributed by atoms with E-state index in [2.05, 4.69) is 12.2 Å². The van der Waals surface area contributed by atoms with E-state index in [1.54, 1.807) is 7.05 Å². The molecule has 0 saturated heterocycles. The molecule has 0 saturated carbocycles. The number of hydrogen-bond donors (Lipinski definition) is 2. The Bertz CT molecular complexity index is 411. The summed E-state index contributed by atoms with van der Waals surface area (Å²) in [5.74, 6) is -0.401. The average Bonchev–Trinajstić information content (AvgIpc) is 2.51. The fourth-order valence-corrected chi connectivity index (χ4v) is 2.22. The molecule has 0 spiro atoms. The van der Waals surface area contributed by atoms with E-state index < -0.39 is 11.4 Å². The molecule has 0 aliphatic rings. The summed E-state index contributed by atoms with van der Waals surface area (Å²) in [4.78, 5) is 11.9. The van der Waals surface area contributed by atoms with Crippen molar-refractivity contribution in [3.8, 4) is 0 Å². The minimum atomic E-state index is -0.897. The number of nitrogens with two attached hydrogens (primary N) is 1. The summed E-state index contributed by atoms with van der Waals surface area (Å²) >= 11 is 0. The van der Waals surface area contributed by atoms with Gasteiger partial charge in [-0.1, -0.05) is 37.3 Å². The van der Waals surface area contributed by atoms with E-state index in [1.165, 1.54) is 0 Å². The summed E-state index contributed by atoms with van der Waals surface area (Å²) < 4.78 is 10.9. The van der Waals surface area contributed by atoms with E-state index in [0.717, 1.165) is 18.6 Å². The van der Waals surface area contributed by atoms with Crippen molar-refractivity contribution in [3.05, 3.63) is 35.9 Å². The van der Waals surface area contributed by atoms with Gasteiger partial charge in [0.2, 0.25) is 5.91 Å². The summed E-state index contributed by atoms with van der Waals surface area (Å²) in [5, 5.41) is 3.06. The monoisotopic (exact) mass is 294 g/mol. The van der Waals surface area contributed by atoms with Crippen molar-refractivity contribution in [3.63, 3.8) is 0 Å². The zero-order valence-electron chi connectivity index (χ0n) is 12.9. The van der Waals surface area contributed by atoms with Gasteiger partial charge in [0.15, 0.2) is 0 Å². The molecule has 21 heavy (non-hydrogen) atoms. The van der Waals surface area contributed by atoms with Crippen molar-refractivity contribution in [1.29, 1.82) is 0 Å². The maximum absolute atomic E-state index is 11.9. The van der Waals surface area contributed by atoms with Gasteiger partial charge in [-0.3, -0.25) is 4.79 Å². The molecule has 1 rings (SSSR count). The first-order valence-electron chi connectivity index (χ1n) is 7.37. The molecule has 0 fully saturated rings. The van der Waals surface area contributed by atoms with Crippen molar-refractivity contribution < 1.29 is 14.3 Å². The Labute approximate surface area is 126 Å². The number of rotatable bonds is 11. The highest BCUT2D eigenvalue weighted by atomic mass is 16.5. The fraction of sp³-hybridized carbons (Fsp3) is 0.562. The molecule has 5 heteroatoms. The van der Waals surface area contributed by atoms with Gasteiger partial charge in [-0.25, -0.2) is 0 Å². The van der Waals surface area contributed by atoms with E-state index in [0.29, 0.717) is 26.2 Å². The molecule has 0 aromatic heterocycles. The van der Waals surface area contributed by atoms with E-state index in [1.807, 2.05) is 30.3 Å². The number of carbonyl (C=O) groups excluding carboxylic acids is 1. The fourth-order valence-electron chi connectivity index (χ4n) is 2.22. The van der Waals surface area contributed by atoms with Gasteiger partial charge in [0.1, 0.15) is 5.54 Å². The Balaban J connectivity index is 2.54. The van der Waals surface area contributed by atoms with Crippen LogP contribution in [0.2, 0.25) is 0 Å². The van der Waals surface area contributed by atoms with Crippen LogP contribution < -0.4 is 11.1 Å². The van der Waals surface area contributed by atoms with Gasteiger partial charge in [-0.05, 0) is 19.0 Å². The standard InChI is InChI=1S/C16H26N2O3/c1-3-10-20-12-13-21-11-9-16(18-2,15(17)19)14-7-5-4-6-8-14/h4-8,18H,3,9-13H2,1-2H3,(H2,17,19). The molecule has 1 unspecified atom stereocenters. The topological polar surface area (TPSA) is 73.6 Å². The molecular formula is C16H26N2O3. The summed E-state index contributed by atoms with van der Waals surface area (Å²) in [6, 6.07) is 9.48. The largest absolute Gasteiger partial charge is 0.379 e. The first kappa shape index (κ1) is 17.6. The summed E-state index contributed by atoms with van der Waals surface area (Å²) in [7, 11) is 1.74. The molecule has 1 amide bonds. The van der Waals surface area contributed by atoms with E-state index in [-0.39, 0.29) is 0 Å². The Morgan fingerprint density at radius 2 is 1.76 bits per heavy atom. The summed E-state index contributed by atoms with van der Waals surface area (Å²) in [6.45, 7) is 4.34. The van der Waals surface area contributed by atoms with Crippen molar-refractivity contribution in [2.75, 3.05) is 33.5 Å². The predicted molar refractivity (Wildman–Crippen MR) is 82.9 cm³/mol. The molecule has 3 N–H and O–H groups in total. The van der Waals surface area contributed by atoms with Crippen LogP contribution in [0, 0.1) is 0 Å². The number of benzene rings is 1. The minimum Gasteiger partial charge on any atom is -0.379 e. The van der Waals surface area contributed by atoms with E-state index in [4.69, 9.17) is 15.2 Å². The lowest BCUT2D eigenvalue weighted by atomic mass is 9.86. The van der Waals surface area contributed by atoms with Gasteiger partial charge in [0, 0.05) is 19.6 Å². The summed E-state index contributed by atoms with van der Waals surface area (Å²) in [6.07, 6.45) is 1.48. The third-order valence-corrected chi connectivity index (χ3v) is 3.46. The number of primary amides is 1. The number of hydrogen-bond acceptors (Lipinski definition) is 4. The number of nitrogens with one attached hydrogen (secondary N) is 1. The lowest BCUT2D eigenvalue weighted by molar-refractivity contribution is -0.125. The SMILES string of the molecule is CCCOCCOCCC(NC)(C(N)=O)c1ccccc1. The highest BCUT2D eigenvalue weighted by Crippen LogP contribution is 2.24. The van der Waals surface area contributed by atoms with Gasteiger partial charge in [0.25, 0.3) is 0 Å². The Morgan fingerprint density at radius 3 is 2.29 bits per heavy atom. The van der Waals surface area contributed by atoms with Crippen molar-refractivity contribution in [2.24, 2.45) is 5.73 Å². The van der Waals surface area contributed by atoms with Gasteiger partial charge in [-0.15, -0.1) is 0 Å². The van der Waals surface area contributed by atoms with Gasteiger partial charge >= 0.3 is 0 Å². The highest BCUT2D eigenvalue weighted by Gasteiger charge is 2.36. The lowest BCUT2D eigenvalue weighted by Crippen LogP contribution is -2.51. The summed E-state index contributed by atoms with van der Waals surface area (Å²) in [5.41, 5.74) is 5.57. The number of ether oxygens (including phenoxy) is 2. The molecule has 1 aromatic carbocycles. The smallest absolute Gasteiger partial charge is 0.242 e. The number of likely N-dealkylation sites (N-methyl/N-ethyl adjacent to an activating group) is 1. The molecule has 0 bridgehead atoms. The van der Waals surface area contributed by atoms with Crippen LogP contribution in [0.5, 0.6) is 0 Å². The van der Waals surface area contributed by atoms with E-state index in [9.17, 15) is 4.79 Å². The Hall–Kier alpha value is -1.43. The molecular weight excluding hydrogens is 268 g/mol. The van der Waals surface area contributed by atoms with Crippen molar-refractivity contribution in [1.82, 2.24) is 5.32 Å². The van der Waals surface area contributed by atoms with Gasteiger partial charge in [0.05, 0.1) is 13.2 Å². The second-order valence-corrected chi connectivity index (χ2v) is 4.86. The molecule has 0 aliphatic carbocycles. The molecule has 0 radical (unpaired) electrons. The van der Waals surface area contributed by atoms with Crippen LogP contribution in [0.15, 0.2) is 30.3 Å². The molecule has 118 valence electrons. The molecule has 5 nitrogen and oxygen atoms in total. The zero-order valence-corrected chi connectivity index (χ0v) is 12.9. The third kappa shape index (κ3) is 5.12. The number of carbonyl (C=O) groups is 1. The Morgan fingerprint density at radius 1 is 1.14 bits per heavy atom. The third-order valence-electron chi connectivity index (χ3n) is 3.46. The average molecular weight is 294 g/mol. The Kier molecular flexibility index (Phi) is 7.97. The van der Waals surface area contributed by atoms with Crippen LogP contribution in [0.1, 0.15) is 25.3 Å². The van der Waals surface area contributed by atoms with Crippen molar-refractivity contribution >= 4 is 5.91 Å². The second-order valence-electron chi connectivity index (χ2n) is 4.86. The van der Waals surface area contributed by atoms with E-state index >= 15 is 0 Å². The second kappa shape index (κ2) is 9.50. The van der Waals surface area contributed by atoms with Crippen LogP contribution in [-0.2, 0) is 19.8 Å². The molecule has 0 aliphatic heterocycles.